The van der Waals surface area contributed by atoms with Crippen LogP contribution in [0.5, 0.6) is 0 Å². The molecule has 5 heteroatoms. The summed E-state index contributed by atoms with van der Waals surface area (Å²) in [6.07, 6.45) is 3.64. The van der Waals surface area contributed by atoms with E-state index in [1.807, 2.05) is 31.2 Å². The number of imide groups is 1. The lowest BCUT2D eigenvalue weighted by Gasteiger charge is -2.31. The molecule has 0 unspecified atom stereocenters. The summed E-state index contributed by atoms with van der Waals surface area (Å²) in [5.74, 6) is -0.369. The van der Waals surface area contributed by atoms with Gasteiger partial charge in [-0.15, -0.1) is 0 Å². The molecule has 0 saturated heterocycles. The Labute approximate surface area is 197 Å². The maximum absolute atomic E-state index is 13.6. The van der Waals surface area contributed by atoms with Gasteiger partial charge in [0.25, 0.3) is 11.8 Å². The SMILES string of the molecule is CCCCOCCCN1C(=O)C(c2ccc(C)c(C)c2)=C(N2CCc3ccccc3C2)C1=O. The molecule has 0 aliphatic carbocycles. The topological polar surface area (TPSA) is 49.9 Å². The number of carbonyl (C=O) groups excluding carboxylic acids is 2. The predicted octanol–water partition coefficient (Wildman–Crippen LogP) is 4.65. The number of benzene rings is 2. The second kappa shape index (κ2) is 10.3. The quantitative estimate of drug-likeness (QED) is 0.416. The second-order valence-corrected chi connectivity index (χ2v) is 9.04. The number of ether oxygens (including phenoxy) is 1. The molecule has 2 aliphatic heterocycles. The van der Waals surface area contributed by atoms with E-state index in [9.17, 15) is 9.59 Å². The van der Waals surface area contributed by atoms with E-state index in [4.69, 9.17) is 4.74 Å². The van der Waals surface area contributed by atoms with Crippen molar-refractivity contribution in [3.8, 4) is 0 Å². The number of hydrogen-bond donors (Lipinski definition) is 0. The van der Waals surface area contributed by atoms with Crippen molar-refractivity contribution in [2.24, 2.45) is 0 Å². The average Bonchev–Trinajstić information content (AvgIpc) is 3.07. The maximum Gasteiger partial charge on any atom is 0.277 e. The molecule has 4 rings (SSSR count). The Balaban J connectivity index is 1.61. The first-order valence-corrected chi connectivity index (χ1v) is 12.1. The van der Waals surface area contributed by atoms with Crippen LogP contribution in [0.25, 0.3) is 5.57 Å². The molecule has 0 N–H and O–H groups in total. The lowest BCUT2D eigenvalue weighted by Crippen LogP contribution is -2.38. The number of hydrogen-bond acceptors (Lipinski definition) is 4. The van der Waals surface area contributed by atoms with Crippen LogP contribution in [0.3, 0.4) is 0 Å². The van der Waals surface area contributed by atoms with Gasteiger partial charge in [0.1, 0.15) is 5.70 Å². The van der Waals surface area contributed by atoms with Crippen LogP contribution in [0.4, 0.5) is 0 Å². The number of rotatable bonds is 9. The standard InChI is InChI=1S/C28H34N2O3/c1-4-5-16-33-17-8-14-30-27(31)25(23-12-11-20(2)21(3)18-23)26(28(30)32)29-15-13-22-9-6-7-10-24(22)19-29/h6-7,9-12,18H,4-5,8,13-17,19H2,1-3H3. The van der Waals surface area contributed by atoms with E-state index in [0.717, 1.165) is 43.5 Å². The summed E-state index contributed by atoms with van der Waals surface area (Å²) in [6.45, 7) is 9.27. The third-order valence-corrected chi connectivity index (χ3v) is 6.70. The monoisotopic (exact) mass is 446 g/mol. The van der Waals surface area contributed by atoms with Crippen LogP contribution in [0, 0.1) is 13.8 Å². The zero-order valence-electron chi connectivity index (χ0n) is 20.0. The fourth-order valence-electron chi connectivity index (χ4n) is 4.58. The van der Waals surface area contributed by atoms with Gasteiger partial charge >= 0.3 is 0 Å². The number of carbonyl (C=O) groups is 2. The van der Waals surface area contributed by atoms with Gasteiger partial charge in [-0.3, -0.25) is 14.5 Å². The van der Waals surface area contributed by atoms with Crippen LogP contribution in [0.1, 0.15) is 54.0 Å². The molecule has 2 heterocycles. The Bertz CT molecular complexity index is 1070. The first kappa shape index (κ1) is 23.2. The Morgan fingerprint density at radius 1 is 0.909 bits per heavy atom. The van der Waals surface area contributed by atoms with Crippen molar-refractivity contribution in [2.75, 3.05) is 26.3 Å². The number of unbranched alkanes of at least 4 members (excludes halogenated alkanes) is 1. The summed E-state index contributed by atoms with van der Waals surface area (Å²) in [5, 5.41) is 0. The van der Waals surface area contributed by atoms with E-state index in [1.165, 1.54) is 21.6 Å². The molecule has 0 bridgehead atoms. The molecule has 0 spiro atoms. The molecule has 0 fully saturated rings. The van der Waals surface area contributed by atoms with Gasteiger partial charge in [-0.1, -0.05) is 55.8 Å². The molecule has 2 aromatic rings. The number of nitrogens with zero attached hydrogens (tertiary/aromatic N) is 2. The molecular formula is C28H34N2O3. The van der Waals surface area contributed by atoms with Gasteiger partial charge in [0.2, 0.25) is 0 Å². The Morgan fingerprint density at radius 2 is 1.67 bits per heavy atom. The molecule has 5 nitrogen and oxygen atoms in total. The van der Waals surface area contributed by atoms with Gasteiger partial charge < -0.3 is 9.64 Å². The molecule has 174 valence electrons. The first-order valence-electron chi connectivity index (χ1n) is 12.1. The Morgan fingerprint density at radius 3 is 2.42 bits per heavy atom. The van der Waals surface area contributed by atoms with Crippen molar-refractivity contribution in [1.82, 2.24) is 9.80 Å². The van der Waals surface area contributed by atoms with Crippen molar-refractivity contribution >= 4 is 17.4 Å². The van der Waals surface area contributed by atoms with Crippen molar-refractivity contribution < 1.29 is 14.3 Å². The number of amides is 2. The van der Waals surface area contributed by atoms with Crippen LogP contribution < -0.4 is 0 Å². The second-order valence-electron chi connectivity index (χ2n) is 9.04. The minimum Gasteiger partial charge on any atom is -0.381 e. The van der Waals surface area contributed by atoms with Crippen molar-refractivity contribution in [3.05, 3.63) is 76.0 Å². The highest BCUT2D eigenvalue weighted by molar-refractivity contribution is 6.35. The molecule has 0 atom stereocenters. The minimum atomic E-state index is -0.189. The molecule has 2 aliphatic rings. The highest BCUT2D eigenvalue weighted by atomic mass is 16.5. The zero-order valence-corrected chi connectivity index (χ0v) is 20.0. The van der Waals surface area contributed by atoms with E-state index in [0.29, 0.717) is 37.4 Å². The van der Waals surface area contributed by atoms with E-state index in [2.05, 4.69) is 36.9 Å². The summed E-state index contributed by atoms with van der Waals surface area (Å²) < 4.78 is 5.65. The molecule has 33 heavy (non-hydrogen) atoms. The van der Waals surface area contributed by atoms with E-state index >= 15 is 0 Å². The molecule has 2 aromatic carbocycles. The first-order chi connectivity index (χ1) is 16.0. The van der Waals surface area contributed by atoms with Crippen LogP contribution in [0.15, 0.2) is 48.2 Å². The van der Waals surface area contributed by atoms with Gasteiger partial charge in [-0.2, -0.15) is 0 Å². The van der Waals surface area contributed by atoms with Crippen LogP contribution in [-0.2, 0) is 27.3 Å². The summed E-state index contributed by atoms with van der Waals surface area (Å²) in [5.41, 5.74) is 6.74. The zero-order chi connectivity index (χ0) is 23.4. The molecular weight excluding hydrogens is 412 g/mol. The fraction of sp³-hybridized carbons (Fsp3) is 0.429. The fourth-order valence-corrected chi connectivity index (χ4v) is 4.58. The van der Waals surface area contributed by atoms with Crippen molar-refractivity contribution in [1.29, 1.82) is 0 Å². The highest BCUT2D eigenvalue weighted by Crippen LogP contribution is 2.35. The van der Waals surface area contributed by atoms with E-state index in [-0.39, 0.29) is 11.8 Å². The maximum atomic E-state index is 13.6. The van der Waals surface area contributed by atoms with Crippen LogP contribution in [-0.4, -0.2) is 47.9 Å². The Hall–Kier alpha value is -2.92. The van der Waals surface area contributed by atoms with Gasteiger partial charge in [-0.05, 0) is 60.9 Å². The van der Waals surface area contributed by atoms with Gasteiger partial charge in [0.05, 0.1) is 5.57 Å². The van der Waals surface area contributed by atoms with Gasteiger partial charge in [0.15, 0.2) is 0 Å². The molecule has 0 radical (unpaired) electrons. The average molecular weight is 447 g/mol. The number of aryl methyl sites for hydroxylation is 2. The van der Waals surface area contributed by atoms with Crippen molar-refractivity contribution in [2.45, 2.75) is 53.0 Å². The molecule has 0 aromatic heterocycles. The normalized spacial score (nSPS) is 16.1. The molecule has 0 saturated carbocycles. The minimum absolute atomic E-state index is 0.179. The van der Waals surface area contributed by atoms with Crippen LogP contribution >= 0.6 is 0 Å². The third-order valence-electron chi connectivity index (χ3n) is 6.70. The smallest absolute Gasteiger partial charge is 0.277 e. The largest absolute Gasteiger partial charge is 0.381 e. The summed E-state index contributed by atoms with van der Waals surface area (Å²) in [4.78, 5) is 30.7. The summed E-state index contributed by atoms with van der Waals surface area (Å²) in [6, 6.07) is 14.4. The van der Waals surface area contributed by atoms with Crippen LogP contribution in [0.2, 0.25) is 0 Å². The summed E-state index contributed by atoms with van der Waals surface area (Å²) in [7, 11) is 0. The van der Waals surface area contributed by atoms with Gasteiger partial charge in [0, 0.05) is 32.8 Å². The van der Waals surface area contributed by atoms with Crippen molar-refractivity contribution in [3.63, 3.8) is 0 Å². The highest BCUT2D eigenvalue weighted by Gasteiger charge is 2.41. The van der Waals surface area contributed by atoms with E-state index in [1.54, 1.807) is 0 Å². The lowest BCUT2D eigenvalue weighted by molar-refractivity contribution is -0.137. The third kappa shape index (κ3) is 4.88. The lowest BCUT2D eigenvalue weighted by atomic mass is 9.96. The summed E-state index contributed by atoms with van der Waals surface area (Å²) >= 11 is 0. The van der Waals surface area contributed by atoms with E-state index < -0.39 is 0 Å². The Kier molecular flexibility index (Phi) is 7.29. The van der Waals surface area contributed by atoms with Gasteiger partial charge in [-0.25, -0.2) is 0 Å². The molecule has 2 amide bonds. The number of fused-ring (bicyclic) bond motifs is 1. The predicted molar refractivity (Wildman–Crippen MR) is 130 cm³/mol.